The van der Waals surface area contributed by atoms with E-state index in [1.54, 1.807) is 44.8 Å². The third-order valence-corrected chi connectivity index (χ3v) is 7.14. The average Bonchev–Trinajstić information content (AvgIpc) is 3.17. The van der Waals surface area contributed by atoms with Gasteiger partial charge in [-0.25, -0.2) is 9.79 Å². The first-order valence-corrected chi connectivity index (χ1v) is 12.6. The monoisotopic (exact) mass is 506 g/mol. The molecule has 8 heteroatoms. The van der Waals surface area contributed by atoms with Crippen LogP contribution in [0.4, 0.5) is 0 Å². The second-order valence-corrected chi connectivity index (χ2v) is 9.72. The summed E-state index contributed by atoms with van der Waals surface area (Å²) in [6.45, 7) is 8.02. The summed E-state index contributed by atoms with van der Waals surface area (Å²) < 4.78 is 18.4. The van der Waals surface area contributed by atoms with Gasteiger partial charge in [0.15, 0.2) is 16.3 Å². The highest BCUT2D eigenvalue weighted by molar-refractivity contribution is 7.07. The number of benzene rings is 2. The maximum Gasteiger partial charge on any atom is 0.338 e. The second-order valence-electron chi connectivity index (χ2n) is 8.71. The minimum Gasteiger partial charge on any atom is -0.493 e. The molecule has 2 aromatic carbocycles. The number of thiazole rings is 1. The first kappa shape index (κ1) is 25.4. The van der Waals surface area contributed by atoms with Crippen molar-refractivity contribution >= 4 is 23.4 Å². The van der Waals surface area contributed by atoms with Crippen LogP contribution in [0.1, 0.15) is 56.3 Å². The maximum absolute atomic E-state index is 13.8. The van der Waals surface area contributed by atoms with Gasteiger partial charge in [-0.05, 0) is 43.0 Å². The van der Waals surface area contributed by atoms with Crippen molar-refractivity contribution in [1.82, 2.24) is 4.57 Å². The van der Waals surface area contributed by atoms with E-state index in [0.29, 0.717) is 43.6 Å². The molecule has 0 amide bonds. The molecule has 2 heterocycles. The van der Waals surface area contributed by atoms with E-state index in [0.717, 1.165) is 5.56 Å². The minimum absolute atomic E-state index is 0.231. The van der Waals surface area contributed by atoms with Crippen molar-refractivity contribution in [3.8, 4) is 11.5 Å². The van der Waals surface area contributed by atoms with Gasteiger partial charge in [0, 0.05) is 5.56 Å². The molecule has 7 nitrogen and oxygen atoms in total. The summed E-state index contributed by atoms with van der Waals surface area (Å²) in [6.07, 6.45) is 1.77. The zero-order valence-electron chi connectivity index (χ0n) is 21.3. The Bertz CT molecular complexity index is 1500. The predicted molar refractivity (Wildman–Crippen MR) is 140 cm³/mol. The lowest BCUT2D eigenvalue weighted by Crippen LogP contribution is -2.39. The molecule has 188 valence electrons. The Morgan fingerprint density at radius 1 is 1.14 bits per heavy atom. The zero-order valence-corrected chi connectivity index (χ0v) is 22.1. The van der Waals surface area contributed by atoms with Crippen molar-refractivity contribution in [1.29, 1.82) is 0 Å². The van der Waals surface area contributed by atoms with E-state index >= 15 is 0 Å². The number of carbonyl (C=O) groups is 1. The highest BCUT2D eigenvalue weighted by Crippen LogP contribution is 2.33. The largest absolute Gasteiger partial charge is 0.493 e. The number of methoxy groups -OCH3 is 2. The summed E-state index contributed by atoms with van der Waals surface area (Å²) in [6, 6.07) is 12.9. The van der Waals surface area contributed by atoms with E-state index in [9.17, 15) is 9.59 Å². The van der Waals surface area contributed by atoms with Crippen molar-refractivity contribution < 1.29 is 19.0 Å². The van der Waals surface area contributed by atoms with Crippen LogP contribution < -0.4 is 24.4 Å². The van der Waals surface area contributed by atoms with Crippen LogP contribution in [0, 0.1) is 0 Å². The van der Waals surface area contributed by atoms with Crippen LogP contribution in [-0.4, -0.2) is 31.4 Å². The third-order valence-electron chi connectivity index (χ3n) is 6.16. The number of carbonyl (C=O) groups excluding carboxylic acids is 1. The highest BCUT2D eigenvalue weighted by Gasteiger charge is 2.33. The number of hydrogen-bond donors (Lipinski definition) is 0. The molecule has 1 aliphatic rings. The van der Waals surface area contributed by atoms with Crippen LogP contribution in [0.5, 0.6) is 11.5 Å². The number of hydrogen-bond acceptors (Lipinski definition) is 7. The number of esters is 1. The van der Waals surface area contributed by atoms with Gasteiger partial charge in [-0.1, -0.05) is 61.6 Å². The van der Waals surface area contributed by atoms with Gasteiger partial charge in [-0.2, -0.15) is 0 Å². The van der Waals surface area contributed by atoms with Crippen molar-refractivity contribution in [2.24, 2.45) is 4.99 Å². The second kappa shape index (κ2) is 10.5. The molecule has 1 aromatic heterocycles. The highest BCUT2D eigenvalue weighted by atomic mass is 32.1. The van der Waals surface area contributed by atoms with Gasteiger partial charge in [0.2, 0.25) is 0 Å². The number of fused-ring (bicyclic) bond motifs is 1. The fraction of sp³-hybridized carbons (Fsp3) is 0.321. The van der Waals surface area contributed by atoms with Crippen LogP contribution >= 0.6 is 11.3 Å². The van der Waals surface area contributed by atoms with E-state index in [1.807, 2.05) is 36.4 Å². The van der Waals surface area contributed by atoms with Crippen molar-refractivity contribution in [3.05, 3.63) is 90.1 Å². The Kier molecular flexibility index (Phi) is 7.45. The van der Waals surface area contributed by atoms with Crippen LogP contribution in [-0.2, 0) is 9.53 Å². The van der Waals surface area contributed by atoms with Gasteiger partial charge in [0.1, 0.15) is 0 Å². The molecular weight excluding hydrogens is 476 g/mol. The Morgan fingerprint density at radius 2 is 1.86 bits per heavy atom. The van der Waals surface area contributed by atoms with Crippen LogP contribution in [0.25, 0.3) is 6.08 Å². The number of nitrogens with zero attached hydrogens (tertiary/aromatic N) is 2. The van der Waals surface area contributed by atoms with E-state index in [2.05, 4.69) is 18.8 Å². The fourth-order valence-electron chi connectivity index (χ4n) is 4.34. The van der Waals surface area contributed by atoms with Gasteiger partial charge in [-0.3, -0.25) is 9.36 Å². The van der Waals surface area contributed by atoms with Crippen molar-refractivity contribution in [3.63, 3.8) is 0 Å². The lowest BCUT2D eigenvalue weighted by molar-refractivity contribution is -0.139. The van der Waals surface area contributed by atoms with Gasteiger partial charge in [0.25, 0.3) is 5.56 Å². The molecule has 3 aromatic rings. The van der Waals surface area contributed by atoms with Crippen molar-refractivity contribution in [2.45, 2.75) is 39.7 Å². The molecule has 0 N–H and O–H groups in total. The Morgan fingerprint density at radius 3 is 2.47 bits per heavy atom. The quantitative estimate of drug-likeness (QED) is 0.454. The van der Waals surface area contributed by atoms with Crippen LogP contribution in [0.2, 0.25) is 0 Å². The maximum atomic E-state index is 13.8. The molecule has 0 saturated heterocycles. The van der Waals surface area contributed by atoms with Gasteiger partial charge < -0.3 is 14.2 Å². The van der Waals surface area contributed by atoms with Gasteiger partial charge in [0.05, 0.1) is 42.7 Å². The molecule has 0 unspecified atom stereocenters. The summed E-state index contributed by atoms with van der Waals surface area (Å²) in [5.74, 6) is 0.999. The van der Waals surface area contributed by atoms with E-state index in [1.165, 1.54) is 16.9 Å². The molecule has 1 atom stereocenters. The SMILES string of the molecule is CCOC(=O)C1=C(C)N=c2s/c(=C/c3cccc(OC)c3OC)c(=O)n2[C@@H]1c1ccc(C(C)C)cc1. The summed E-state index contributed by atoms with van der Waals surface area (Å²) in [5, 5.41) is 0. The zero-order chi connectivity index (χ0) is 26.0. The van der Waals surface area contributed by atoms with Gasteiger partial charge >= 0.3 is 5.97 Å². The molecule has 0 bridgehead atoms. The lowest BCUT2D eigenvalue weighted by Gasteiger charge is -2.25. The Balaban J connectivity index is 1.95. The Labute approximate surface area is 214 Å². The number of aromatic nitrogens is 1. The lowest BCUT2D eigenvalue weighted by atomic mass is 9.93. The molecule has 4 rings (SSSR count). The summed E-state index contributed by atoms with van der Waals surface area (Å²) >= 11 is 1.27. The molecular formula is C28H30N2O5S. The number of allylic oxidation sites excluding steroid dienone is 1. The molecule has 0 fully saturated rings. The minimum atomic E-state index is -0.643. The number of para-hydroxylation sites is 1. The molecule has 0 aliphatic carbocycles. The molecule has 0 spiro atoms. The average molecular weight is 507 g/mol. The summed E-state index contributed by atoms with van der Waals surface area (Å²) in [7, 11) is 3.13. The van der Waals surface area contributed by atoms with E-state index in [4.69, 9.17) is 14.2 Å². The summed E-state index contributed by atoms with van der Waals surface area (Å²) in [4.78, 5) is 32.0. The standard InChI is InChI=1S/C28H30N2O5S/c1-7-35-27(32)23-17(4)29-28-30(24(23)19-13-11-18(12-14-19)16(2)3)26(31)22(36-28)15-20-9-8-10-21(33-5)25(20)34-6/h8-16,24H,7H2,1-6H3/b22-15+/t24-/m1/s1. The molecule has 36 heavy (non-hydrogen) atoms. The van der Waals surface area contributed by atoms with Gasteiger partial charge in [-0.15, -0.1) is 0 Å². The van der Waals surface area contributed by atoms with E-state index < -0.39 is 12.0 Å². The number of rotatable bonds is 7. The topological polar surface area (TPSA) is 79.1 Å². The molecule has 0 radical (unpaired) electrons. The Hall–Kier alpha value is -3.65. The third kappa shape index (κ3) is 4.60. The first-order chi connectivity index (χ1) is 17.3. The van der Waals surface area contributed by atoms with Crippen LogP contribution in [0.15, 0.2) is 63.5 Å². The normalized spacial score (nSPS) is 15.5. The molecule has 1 aliphatic heterocycles. The predicted octanol–water partition coefficient (Wildman–Crippen LogP) is 3.94. The fourth-order valence-corrected chi connectivity index (χ4v) is 5.37. The van der Waals surface area contributed by atoms with Crippen LogP contribution in [0.3, 0.4) is 0 Å². The van der Waals surface area contributed by atoms with E-state index in [-0.39, 0.29) is 12.2 Å². The van der Waals surface area contributed by atoms with Crippen molar-refractivity contribution in [2.75, 3.05) is 20.8 Å². The first-order valence-electron chi connectivity index (χ1n) is 11.8. The number of ether oxygens (including phenoxy) is 3. The molecule has 0 saturated carbocycles. The summed E-state index contributed by atoms with van der Waals surface area (Å²) in [5.41, 5.74) is 3.38. The smallest absolute Gasteiger partial charge is 0.338 e.